The fourth-order valence-electron chi connectivity index (χ4n) is 2.09. The summed E-state index contributed by atoms with van der Waals surface area (Å²) in [7, 11) is 1.29. The number of nitro groups is 1. The van der Waals surface area contributed by atoms with Gasteiger partial charge in [0.05, 0.1) is 17.6 Å². The molecule has 0 aromatic heterocycles. The summed E-state index contributed by atoms with van der Waals surface area (Å²) in [4.78, 5) is 34.8. The van der Waals surface area contributed by atoms with Gasteiger partial charge in [0, 0.05) is 16.1 Å². The number of hydrogen-bond acceptors (Lipinski definition) is 6. The van der Waals surface area contributed by atoms with Crippen LogP contribution in [0.2, 0.25) is 0 Å². The van der Waals surface area contributed by atoms with Crippen molar-refractivity contribution in [3.63, 3.8) is 0 Å². The maximum Gasteiger partial charge on any atom is 0.339 e. The standard InChI is InChI=1S/C17H14BrNO6/c1-10(16(20)11-3-6-13(18)7-4-11)25-17(21)12-5-8-15(24-2)14(9-12)19(22)23/h3-10H,1-2H3/t10-/m0/s1. The molecule has 0 radical (unpaired) electrons. The molecule has 0 bridgehead atoms. The molecule has 0 aliphatic rings. The summed E-state index contributed by atoms with van der Waals surface area (Å²) < 4.78 is 10.8. The van der Waals surface area contributed by atoms with Gasteiger partial charge in [0.15, 0.2) is 11.9 Å². The Morgan fingerprint density at radius 1 is 1.12 bits per heavy atom. The highest BCUT2D eigenvalue weighted by molar-refractivity contribution is 9.10. The first-order valence-electron chi connectivity index (χ1n) is 7.16. The molecule has 2 aromatic carbocycles. The van der Waals surface area contributed by atoms with Crippen LogP contribution >= 0.6 is 15.9 Å². The molecule has 0 saturated carbocycles. The van der Waals surface area contributed by atoms with Gasteiger partial charge in [-0.2, -0.15) is 0 Å². The summed E-state index contributed by atoms with van der Waals surface area (Å²) >= 11 is 3.27. The zero-order valence-corrected chi connectivity index (χ0v) is 15.0. The number of ether oxygens (including phenoxy) is 2. The minimum atomic E-state index is -1.03. The van der Waals surface area contributed by atoms with Crippen LogP contribution in [0, 0.1) is 10.1 Å². The van der Waals surface area contributed by atoms with Crippen molar-refractivity contribution in [3.8, 4) is 5.75 Å². The van der Waals surface area contributed by atoms with Crippen LogP contribution in [0.25, 0.3) is 0 Å². The van der Waals surface area contributed by atoms with Gasteiger partial charge in [0.1, 0.15) is 0 Å². The van der Waals surface area contributed by atoms with Crippen molar-refractivity contribution in [3.05, 3.63) is 68.2 Å². The minimum absolute atomic E-state index is 0.0283. The molecule has 0 fully saturated rings. The Bertz CT molecular complexity index is 818. The quantitative estimate of drug-likeness (QED) is 0.312. The van der Waals surface area contributed by atoms with Crippen LogP contribution in [0.4, 0.5) is 5.69 Å². The first-order chi connectivity index (χ1) is 11.8. The van der Waals surface area contributed by atoms with Crippen LogP contribution in [0.5, 0.6) is 5.75 Å². The number of nitrogens with zero attached hydrogens (tertiary/aromatic N) is 1. The molecule has 2 rings (SSSR count). The minimum Gasteiger partial charge on any atom is -0.490 e. The van der Waals surface area contributed by atoms with E-state index in [0.29, 0.717) is 5.56 Å². The van der Waals surface area contributed by atoms with Gasteiger partial charge in [-0.25, -0.2) is 4.79 Å². The Kier molecular flexibility index (Phi) is 5.87. The molecule has 7 nitrogen and oxygen atoms in total. The Hall–Kier alpha value is -2.74. The number of rotatable bonds is 6. The van der Waals surface area contributed by atoms with Gasteiger partial charge >= 0.3 is 11.7 Å². The maximum atomic E-state index is 12.3. The van der Waals surface area contributed by atoms with Crippen molar-refractivity contribution in [2.75, 3.05) is 7.11 Å². The number of halogens is 1. The summed E-state index contributed by atoms with van der Waals surface area (Å²) in [6.45, 7) is 1.44. The highest BCUT2D eigenvalue weighted by Gasteiger charge is 2.23. The highest BCUT2D eigenvalue weighted by atomic mass is 79.9. The molecule has 0 amide bonds. The van der Waals surface area contributed by atoms with E-state index in [2.05, 4.69) is 15.9 Å². The van der Waals surface area contributed by atoms with Crippen molar-refractivity contribution >= 4 is 33.4 Å². The third kappa shape index (κ3) is 4.42. The topological polar surface area (TPSA) is 95.7 Å². The van der Waals surface area contributed by atoms with E-state index in [1.807, 2.05) is 0 Å². The lowest BCUT2D eigenvalue weighted by Crippen LogP contribution is -2.24. The van der Waals surface area contributed by atoms with Gasteiger partial charge in [0.25, 0.3) is 0 Å². The van der Waals surface area contributed by atoms with Crippen molar-refractivity contribution < 1.29 is 24.0 Å². The van der Waals surface area contributed by atoms with Crippen molar-refractivity contribution in [2.24, 2.45) is 0 Å². The summed E-state index contributed by atoms with van der Waals surface area (Å²) in [5.41, 5.74) is -0.00370. The molecule has 8 heteroatoms. The maximum absolute atomic E-state index is 12.3. The lowest BCUT2D eigenvalue weighted by molar-refractivity contribution is -0.385. The number of esters is 1. The summed E-state index contributed by atoms with van der Waals surface area (Å²) in [6.07, 6.45) is -1.03. The van der Waals surface area contributed by atoms with E-state index in [1.165, 1.54) is 26.2 Å². The van der Waals surface area contributed by atoms with Crippen molar-refractivity contribution in [2.45, 2.75) is 13.0 Å². The van der Waals surface area contributed by atoms with Gasteiger partial charge in [-0.05, 0) is 31.2 Å². The van der Waals surface area contributed by atoms with E-state index in [-0.39, 0.29) is 22.8 Å². The third-order valence-corrected chi connectivity index (χ3v) is 3.92. The lowest BCUT2D eigenvalue weighted by atomic mass is 10.1. The predicted octanol–water partition coefficient (Wildman–Crippen LogP) is 3.79. The molecule has 0 N–H and O–H groups in total. The van der Waals surface area contributed by atoms with Gasteiger partial charge in [-0.3, -0.25) is 14.9 Å². The predicted molar refractivity (Wildman–Crippen MR) is 93.0 cm³/mol. The molecule has 130 valence electrons. The van der Waals surface area contributed by atoms with Crippen LogP contribution in [0.15, 0.2) is 46.9 Å². The molecule has 0 saturated heterocycles. The van der Waals surface area contributed by atoms with E-state index in [1.54, 1.807) is 24.3 Å². The van der Waals surface area contributed by atoms with Crippen LogP contribution in [-0.2, 0) is 4.74 Å². The number of carbonyl (C=O) groups is 2. The molecule has 0 heterocycles. The molecule has 2 aromatic rings. The first kappa shape index (κ1) is 18.6. The lowest BCUT2D eigenvalue weighted by Gasteiger charge is -2.12. The summed E-state index contributed by atoms with van der Waals surface area (Å²) in [6, 6.07) is 10.3. The zero-order chi connectivity index (χ0) is 18.6. The van der Waals surface area contributed by atoms with Crippen molar-refractivity contribution in [1.29, 1.82) is 0 Å². The SMILES string of the molecule is COc1ccc(C(=O)O[C@@H](C)C(=O)c2ccc(Br)cc2)cc1[N+](=O)[O-]. The highest BCUT2D eigenvalue weighted by Crippen LogP contribution is 2.28. The number of Topliss-reactive ketones (excluding diaryl/α,β-unsaturated/α-hetero) is 1. The molecular formula is C17H14BrNO6. The fourth-order valence-corrected chi connectivity index (χ4v) is 2.35. The normalized spacial score (nSPS) is 11.5. The second kappa shape index (κ2) is 7.89. The molecule has 0 spiro atoms. The summed E-state index contributed by atoms with van der Waals surface area (Å²) in [5.74, 6) is -1.17. The number of ketones is 1. The molecule has 0 aliphatic carbocycles. The van der Waals surface area contributed by atoms with Crippen molar-refractivity contribution in [1.82, 2.24) is 0 Å². The Morgan fingerprint density at radius 2 is 1.72 bits per heavy atom. The van der Waals surface area contributed by atoms with Gasteiger partial charge in [-0.15, -0.1) is 0 Å². The van der Waals surface area contributed by atoms with Gasteiger partial charge < -0.3 is 9.47 Å². The molecule has 1 atom stereocenters. The Balaban J connectivity index is 2.15. The number of hydrogen-bond donors (Lipinski definition) is 0. The molecule has 0 aliphatic heterocycles. The smallest absolute Gasteiger partial charge is 0.339 e. The average Bonchev–Trinajstić information content (AvgIpc) is 2.60. The number of nitro benzene ring substituents is 1. The fraction of sp³-hybridized carbons (Fsp3) is 0.176. The Morgan fingerprint density at radius 3 is 2.28 bits per heavy atom. The van der Waals surface area contributed by atoms with Crippen LogP contribution < -0.4 is 4.74 Å². The van der Waals surface area contributed by atoms with E-state index in [9.17, 15) is 19.7 Å². The third-order valence-electron chi connectivity index (χ3n) is 3.39. The average molecular weight is 408 g/mol. The molecular weight excluding hydrogens is 394 g/mol. The first-order valence-corrected chi connectivity index (χ1v) is 7.96. The molecule has 25 heavy (non-hydrogen) atoms. The number of methoxy groups -OCH3 is 1. The van der Waals surface area contributed by atoms with E-state index in [4.69, 9.17) is 9.47 Å². The molecule has 0 unspecified atom stereocenters. The summed E-state index contributed by atoms with van der Waals surface area (Å²) in [5, 5.41) is 11.0. The Labute approximate surface area is 151 Å². The largest absolute Gasteiger partial charge is 0.490 e. The zero-order valence-electron chi connectivity index (χ0n) is 13.4. The second-order valence-corrected chi connectivity index (χ2v) is 5.98. The number of carbonyl (C=O) groups excluding carboxylic acids is 2. The van der Waals surface area contributed by atoms with Crippen LogP contribution in [0.3, 0.4) is 0 Å². The van der Waals surface area contributed by atoms with Gasteiger partial charge in [0.2, 0.25) is 5.78 Å². The van der Waals surface area contributed by atoms with E-state index in [0.717, 1.165) is 10.5 Å². The van der Waals surface area contributed by atoms with Crippen LogP contribution in [-0.4, -0.2) is 29.9 Å². The second-order valence-electron chi connectivity index (χ2n) is 5.06. The van der Waals surface area contributed by atoms with Gasteiger partial charge in [-0.1, -0.05) is 28.1 Å². The monoisotopic (exact) mass is 407 g/mol. The number of benzene rings is 2. The van der Waals surface area contributed by atoms with E-state index >= 15 is 0 Å². The van der Waals surface area contributed by atoms with E-state index < -0.39 is 17.0 Å². The van der Waals surface area contributed by atoms with Crippen LogP contribution in [0.1, 0.15) is 27.6 Å².